The minimum absolute atomic E-state index is 0.177. The van der Waals surface area contributed by atoms with Crippen LogP contribution >= 0.6 is 11.6 Å². The fourth-order valence-corrected chi connectivity index (χ4v) is 2.91. The average molecular weight is 345 g/mol. The average Bonchev–Trinajstić information content (AvgIpc) is 2.63. The van der Waals surface area contributed by atoms with Gasteiger partial charge in [-0.25, -0.2) is 0 Å². The lowest BCUT2D eigenvalue weighted by Gasteiger charge is -2.32. The van der Waals surface area contributed by atoms with E-state index in [1.165, 1.54) is 6.20 Å². The molecule has 0 aliphatic carbocycles. The van der Waals surface area contributed by atoms with E-state index in [4.69, 9.17) is 16.3 Å². The van der Waals surface area contributed by atoms with Gasteiger partial charge in [-0.1, -0.05) is 29.8 Å². The highest BCUT2D eigenvalue weighted by Gasteiger charge is 2.29. The first-order chi connectivity index (χ1) is 11.6. The molecule has 0 bridgehead atoms. The number of benzene rings is 1. The van der Waals surface area contributed by atoms with Crippen LogP contribution in [0.5, 0.6) is 0 Å². The van der Waals surface area contributed by atoms with Crippen molar-refractivity contribution in [2.45, 2.75) is 12.5 Å². The molecule has 0 saturated carbocycles. The predicted molar refractivity (Wildman–Crippen MR) is 90.0 cm³/mol. The van der Waals surface area contributed by atoms with Crippen LogP contribution in [0.4, 0.5) is 0 Å². The molecule has 0 spiro atoms. The number of ether oxygens (including phenoxy) is 1. The fraction of sp³-hybridized carbons (Fsp3) is 0.278. The molecule has 0 unspecified atom stereocenters. The van der Waals surface area contributed by atoms with E-state index in [0.29, 0.717) is 36.7 Å². The summed E-state index contributed by atoms with van der Waals surface area (Å²) in [5.74, 6) is -1.06. The van der Waals surface area contributed by atoms with Crippen LogP contribution in [0.3, 0.4) is 0 Å². The van der Waals surface area contributed by atoms with Crippen LogP contribution in [0.25, 0.3) is 0 Å². The zero-order valence-corrected chi connectivity index (χ0v) is 13.8. The molecule has 6 heteroatoms. The van der Waals surface area contributed by atoms with Gasteiger partial charge < -0.3 is 9.64 Å². The third-order valence-corrected chi connectivity index (χ3v) is 4.32. The molecule has 1 saturated heterocycles. The number of pyridine rings is 1. The Kier molecular flexibility index (Phi) is 5.23. The van der Waals surface area contributed by atoms with Crippen LogP contribution in [0.1, 0.15) is 15.9 Å². The summed E-state index contributed by atoms with van der Waals surface area (Å²) in [5.41, 5.74) is 1.27. The zero-order valence-electron chi connectivity index (χ0n) is 13.0. The summed E-state index contributed by atoms with van der Waals surface area (Å²) in [5, 5.41) is 0.677. The van der Waals surface area contributed by atoms with E-state index in [0.717, 1.165) is 5.56 Å². The van der Waals surface area contributed by atoms with Crippen LogP contribution in [-0.4, -0.2) is 47.4 Å². The lowest BCUT2D eigenvalue weighted by molar-refractivity contribution is -0.133. The Bertz CT molecular complexity index is 736. The van der Waals surface area contributed by atoms with Crippen molar-refractivity contribution >= 4 is 23.3 Å². The Hall–Kier alpha value is -2.24. The Morgan fingerprint density at radius 3 is 2.83 bits per heavy atom. The Balaban J connectivity index is 1.66. The lowest BCUT2D eigenvalue weighted by Crippen LogP contribution is -2.48. The quantitative estimate of drug-likeness (QED) is 0.631. The molecule has 124 valence electrons. The molecule has 5 nitrogen and oxygen atoms in total. The topological polar surface area (TPSA) is 59.5 Å². The van der Waals surface area contributed by atoms with Gasteiger partial charge >= 0.3 is 0 Å². The largest absolute Gasteiger partial charge is 0.374 e. The number of carbonyl (C=O) groups excluding carboxylic acids is 2. The Labute approximate surface area is 145 Å². The SMILES string of the molecule is O=C(C(=O)N1CCO[C@@H](Cc2ccccc2Cl)C1)c1cccnc1. The van der Waals surface area contributed by atoms with Crippen LogP contribution in [0, 0.1) is 0 Å². The van der Waals surface area contributed by atoms with Crippen molar-refractivity contribution in [3.63, 3.8) is 0 Å². The molecule has 1 aromatic carbocycles. The van der Waals surface area contributed by atoms with Crippen molar-refractivity contribution < 1.29 is 14.3 Å². The summed E-state index contributed by atoms with van der Waals surface area (Å²) in [6, 6.07) is 10.8. The first-order valence-electron chi connectivity index (χ1n) is 7.74. The van der Waals surface area contributed by atoms with Gasteiger partial charge in [-0.2, -0.15) is 0 Å². The number of halogens is 1. The Morgan fingerprint density at radius 2 is 2.08 bits per heavy atom. The Morgan fingerprint density at radius 1 is 1.25 bits per heavy atom. The van der Waals surface area contributed by atoms with Gasteiger partial charge in [0.15, 0.2) is 0 Å². The molecule has 1 fully saturated rings. The first kappa shape index (κ1) is 16.6. The van der Waals surface area contributed by atoms with Gasteiger partial charge in [0, 0.05) is 42.5 Å². The van der Waals surface area contributed by atoms with Gasteiger partial charge in [0.05, 0.1) is 12.7 Å². The van der Waals surface area contributed by atoms with Crippen molar-refractivity contribution in [3.05, 3.63) is 64.9 Å². The number of ketones is 1. The predicted octanol–water partition coefficient (Wildman–Crippen LogP) is 2.39. The summed E-state index contributed by atoms with van der Waals surface area (Å²) >= 11 is 6.18. The molecule has 0 radical (unpaired) electrons. The molecular weight excluding hydrogens is 328 g/mol. The minimum Gasteiger partial charge on any atom is -0.374 e. The number of rotatable bonds is 4. The molecule has 24 heavy (non-hydrogen) atoms. The van der Waals surface area contributed by atoms with Crippen LogP contribution in [0.2, 0.25) is 5.02 Å². The standard InChI is InChI=1S/C18H17ClN2O3/c19-16-6-2-1-4-13(16)10-15-12-21(8-9-24-15)18(23)17(22)14-5-3-7-20-11-14/h1-7,11,15H,8-10,12H2/t15-/m0/s1. The number of Topliss-reactive ketones (excluding diaryl/α,β-unsaturated/α-hetero) is 1. The molecule has 2 aromatic rings. The van der Waals surface area contributed by atoms with Gasteiger partial charge in [-0.05, 0) is 23.8 Å². The van der Waals surface area contributed by atoms with Crippen molar-refractivity contribution in [1.29, 1.82) is 0 Å². The minimum atomic E-state index is -0.540. The van der Waals surface area contributed by atoms with Crippen LogP contribution in [0.15, 0.2) is 48.8 Å². The highest BCUT2D eigenvalue weighted by molar-refractivity contribution is 6.42. The van der Waals surface area contributed by atoms with Crippen molar-refractivity contribution in [3.8, 4) is 0 Å². The third-order valence-electron chi connectivity index (χ3n) is 3.95. The number of nitrogens with zero attached hydrogens (tertiary/aromatic N) is 2. The molecule has 1 aliphatic heterocycles. The molecule has 1 atom stereocenters. The number of aromatic nitrogens is 1. The van der Waals surface area contributed by atoms with Crippen molar-refractivity contribution in [2.75, 3.05) is 19.7 Å². The third kappa shape index (κ3) is 3.80. The zero-order chi connectivity index (χ0) is 16.9. The summed E-state index contributed by atoms with van der Waals surface area (Å²) in [6.07, 6.45) is 3.39. The second-order valence-corrected chi connectivity index (χ2v) is 6.02. The second-order valence-electron chi connectivity index (χ2n) is 5.61. The van der Waals surface area contributed by atoms with Gasteiger partial charge in [-0.3, -0.25) is 14.6 Å². The number of carbonyl (C=O) groups is 2. The monoisotopic (exact) mass is 344 g/mol. The van der Waals surface area contributed by atoms with Crippen LogP contribution in [-0.2, 0) is 16.0 Å². The van der Waals surface area contributed by atoms with E-state index < -0.39 is 11.7 Å². The van der Waals surface area contributed by atoms with E-state index in [2.05, 4.69) is 4.98 Å². The van der Waals surface area contributed by atoms with Crippen LogP contribution < -0.4 is 0 Å². The van der Waals surface area contributed by atoms with E-state index in [1.807, 2.05) is 24.3 Å². The van der Waals surface area contributed by atoms with E-state index in [9.17, 15) is 9.59 Å². The van der Waals surface area contributed by atoms with Gasteiger partial charge in [0.25, 0.3) is 11.7 Å². The molecule has 1 amide bonds. The maximum absolute atomic E-state index is 12.4. The molecule has 2 heterocycles. The molecular formula is C18H17ClN2O3. The highest BCUT2D eigenvalue weighted by Crippen LogP contribution is 2.19. The first-order valence-corrected chi connectivity index (χ1v) is 8.11. The summed E-state index contributed by atoms with van der Waals surface area (Å²) in [4.78, 5) is 30.1. The maximum atomic E-state index is 12.4. The fourth-order valence-electron chi connectivity index (χ4n) is 2.70. The van der Waals surface area contributed by atoms with Crippen molar-refractivity contribution in [1.82, 2.24) is 9.88 Å². The molecule has 3 rings (SSSR count). The van der Waals surface area contributed by atoms with E-state index >= 15 is 0 Å². The summed E-state index contributed by atoms with van der Waals surface area (Å²) in [7, 11) is 0. The lowest BCUT2D eigenvalue weighted by atomic mass is 10.1. The normalized spacial score (nSPS) is 17.5. The van der Waals surface area contributed by atoms with Gasteiger partial charge in [0.2, 0.25) is 0 Å². The smallest absolute Gasteiger partial charge is 0.295 e. The second kappa shape index (κ2) is 7.55. The van der Waals surface area contributed by atoms with Gasteiger partial charge in [0.1, 0.15) is 0 Å². The number of morpholine rings is 1. The summed E-state index contributed by atoms with van der Waals surface area (Å²) in [6.45, 7) is 1.18. The molecule has 1 aromatic heterocycles. The molecule has 1 aliphatic rings. The maximum Gasteiger partial charge on any atom is 0.295 e. The number of hydrogen-bond donors (Lipinski definition) is 0. The number of hydrogen-bond acceptors (Lipinski definition) is 4. The number of amides is 1. The van der Waals surface area contributed by atoms with E-state index in [1.54, 1.807) is 23.2 Å². The summed E-state index contributed by atoms with van der Waals surface area (Å²) < 4.78 is 5.73. The highest BCUT2D eigenvalue weighted by atomic mass is 35.5. The van der Waals surface area contributed by atoms with Gasteiger partial charge in [-0.15, -0.1) is 0 Å². The van der Waals surface area contributed by atoms with Crippen molar-refractivity contribution in [2.24, 2.45) is 0 Å². The van der Waals surface area contributed by atoms with E-state index in [-0.39, 0.29) is 6.10 Å². The molecule has 0 N–H and O–H groups in total.